The van der Waals surface area contributed by atoms with E-state index in [-0.39, 0.29) is 0 Å². The molecular weight excluding hydrogens is 236 g/mol. The van der Waals surface area contributed by atoms with E-state index in [4.69, 9.17) is 4.74 Å². The third-order valence-corrected chi connectivity index (χ3v) is 3.66. The number of rotatable bonds is 7. The van der Waals surface area contributed by atoms with Gasteiger partial charge in [0.2, 0.25) is 0 Å². The summed E-state index contributed by atoms with van der Waals surface area (Å²) in [6, 6.07) is 9.60. The lowest BCUT2D eigenvalue weighted by Gasteiger charge is -2.18. The Kier molecular flexibility index (Phi) is 5.67. The van der Waals surface area contributed by atoms with Gasteiger partial charge in [0, 0.05) is 18.6 Å². The van der Waals surface area contributed by atoms with Gasteiger partial charge in [-0.1, -0.05) is 12.1 Å². The summed E-state index contributed by atoms with van der Waals surface area (Å²) in [5, 5.41) is 7.15. The molecule has 2 unspecified atom stereocenters. The SMILES string of the molecule is CCOc1cccc(CNC(C)CC2CCCN2)c1. The molecule has 3 nitrogen and oxygen atoms in total. The summed E-state index contributed by atoms with van der Waals surface area (Å²) in [5.74, 6) is 0.965. The number of nitrogens with one attached hydrogen (secondary N) is 2. The van der Waals surface area contributed by atoms with Crippen LogP contribution in [0.5, 0.6) is 5.75 Å². The Morgan fingerprint density at radius 2 is 2.37 bits per heavy atom. The van der Waals surface area contributed by atoms with Crippen LogP contribution in [-0.2, 0) is 6.54 Å². The molecule has 1 aromatic carbocycles. The molecule has 1 saturated heterocycles. The smallest absolute Gasteiger partial charge is 0.119 e. The van der Waals surface area contributed by atoms with E-state index < -0.39 is 0 Å². The molecule has 0 radical (unpaired) electrons. The van der Waals surface area contributed by atoms with E-state index in [9.17, 15) is 0 Å². The van der Waals surface area contributed by atoms with Crippen molar-refractivity contribution in [2.24, 2.45) is 0 Å². The van der Waals surface area contributed by atoms with Gasteiger partial charge in [0.25, 0.3) is 0 Å². The quantitative estimate of drug-likeness (QED) is 0.792. The molecule has 1 aliphatic heterocycles. The number of hydrogen-bond donors (Lipinski definition) is 2. The van der Waals surface area contributed by atoms with E-state index >= 15 is 0 Å². The van der Waals surface area contributed by atoms with E-state index in [1.165, 1.54) is 31.4 Å². The predicted octanol–water partition coefficient (Wildman–Crippen LogP) is 2.71. The molecule has 1 fully saturated rings. The van der Waals surface area contributed by atoms with Gasteiger partial charge in [-0.3, -0.25) is 0 Å². The first-order valence-electron chi connectivity index (χ1n) is 7.46. The van der Waals surface area contributed by atoms with Crippen molar-refractivity contribution in [3.05, 3.63) is 29.8 Å². The first kappa shape index (κ1) is 14.4. The fraction of sp³-hybridized carbons (Fsp3) is 0.625. The van der Waals surface area contributed by atoms with Gasteiger partial charge in [-0.05, 0) is 57.4 Å². The molecule has 2 N–H and O–H groups in total. The van der Waals surface area contributed by atoms with Crippen LogP contribution in [-0.4, -0.2) is 25.2 Å². The van der Waals surface area contributed by atoms with Crippen molar-refractivity contribution in [2.45, 2.75) is 51.7 Å². The lowest BCUT2D eigenvalue weighted by molar-refractivity contribution is 0.339. The Balaban J connectivity index is 1.75. The molecule has 0 saturated carbocycles. The predicted molar refractivity (Wildman–Crippen MR) is 79.6 cm³/mol. The van der Waals surface area contributed by atoms with E-state index in [1.807, 2.05) is 13.0 Å². The molecule has 1 aromatic rings. The molecule has 0 spiro atoms. The number of benzene rings is 1. The Labute approximate surface area is 116 Å². The van der Waals surface area contributed by atoms with Crippen LogP contribution in [0.4, 0.5) is 0 Å². The Bertz CT molecular complexity index is 375. The highest BCUT2D eigenvalue weighted by Gasteiger charge is 2.16. The van der Waals surface area contributed by atoms with E-state index in [0.29, 0.717) is 12.1 Å². The minimum Gasteiger partial charge on any atom is -0.494 e. The first-order chi connectivity index (χ1) is 9.28. The molecule has 0 bridgehead atoms. The topological polar surface area (TPSA) is 33.3 Å². The maximum Gasteiger partial charge on any atom is 0.119 e. The maximum atomic E-state index is 5.52. The van der Waals surface area contributed by atoms with Crippen molar-refractivity contribution >= 4 is 0 Å². The fourth-order valence-corrected chi connectivity index (χ4v) is 2.67. The lowest BCUT2D eigenvalue weighted by atomic mass is 10.1. The fourth-order valence-electron chi connectivity index (χ4n) is 2.67. The second-order valence-corrected chi connectivity index (χ2v) is 5.39. The molecular formula is C16H26N2O. The molecule has 1 heterocycles. The molecule has 2 atom stereocenters. The molecule has 2 rings (SSSR count). The normalized spacial score (nSPS) is 20.4. The first-order valence-corrected chi connectivity index (χ1v) is 7.46. The van der Waals surface area contributed by atoms with Crippen LogP contribution < -0.4 is 15.4 Å². The summed E-state index contributed by atoms with van der Waals surface area (Å²) in [5.41, 5.74) is 1.29. The van der Waals surface area contributed by atoms with E-state index in [0.717, 1.165) is 18.9 Å². The zero-order chi connectivity index (χ0) is 13.5. The molecule has 0 aliphatic carbocycles. The van der Waals surface area contributed by atoms with Crippen molar-refractivity contribution in [1.29, 1.82) is 0 Å². The molecule has 3 heteroatoms. The Morgan fingerprint density at radius 1 is 1.47 bits per heavy atom. The highest BCUT2D eigenvalue weighted by atomic mass is 16.5. The lowest BCUT2D eigenvalue weighted by Crippen LogP contribution is -2.33. The average Bonchev–Trinajstić information content (AvgIpc) is 2.90. The van der Waals surface area contributed by atoms with E-state index in [1.54, 1.807) is 0 Å². The average molecular weight is 262 g/mol. The van der Waals surface area contributed by atoms with Crippen LogP contribution >= 0.6 is 0 Å². The van der Waals surface area contributed by atoms with Crippen molar-refractivity contribution in [1.82, 2.24) is 10.6 Å². The highest BCUT2D eigenvalue weighted by molar-refractivity contribution is 5.28. The van der Waals surface area contributed by atoms with Crippen LogP contribution in [0.15, 0.2) is 24.3 Å². The van der Waals surface area contributed by atoms with Crippen molar-refractivity contribution < 1.29 is 4.74 Å². The molecule has 19 heavy (non-hydrogen) atoms. The molecule has 1 aliphatic rings. The van der Waals surface area contributed by atoms with Gasteiger partial charge in [0.1, 0.15) is 5.75 Å². The monoisotopic (exact) mass is 262 g/mol. The standard InChI is InChI=1S/C16H26N2O/c1-3-19-16-8-4-6-14(11-16)12-18-13(2)10-15-7-5-9-17-15/h4,6,8,11,13,15,17-18H,3,5,7,9-10,12H2,1-2H3. The zero-order valence-corrected chi connectivity index (χ0v) is 12.1. The highest BCUT2D eigenvalue weighted by Crippen LogP contribution is 2.14. The third kappa shape index (κ3) is 4.84. The van der Waals surface area contributed by atoms with Gasteiger partial charge in [-0.2, -0.15) is 0 Å². The second kappa shape index (κ2) is 7.51. The van der Waals surface area contributed by atoms with Gasteiger partial charge in [0.05, 0.1) is 6.61 Å². The summed E-state index contributed by atoms with van der Waals surface area (Å²) in [4.78, 5) is 0. The minimum atomic E-state index is 0.548. The molecule has 0 amide bonds. The van der Waals surface area contributed by atoms with Crippen LogP contribution in [0.1, 0.15) is 38.7 Å². The van der Waals surface area contributed by atoms with Crippen molar-refractivity contribution in [3.63, 3.8) is 0 Å². The Morgan fingerprint density at radius 3 is 3.11 bits per heavy atom. The summed E-state index contributed by atoms with van der Waals surface area (Å²) >= 11 is 0. The van der Waals surface area contributed by atoms with Gasteiger partial charge >= 0.3 is 0 Å². The zero-order valence-electron chi connectivity index (χ0n) is 12.1. The van der Waals surface area contributed by atoms with Crippen LogP contribution in [0, 0.1) is 0 Å². The Hall–Kier alpha value is -1.06. The van der Waals surface area contributed by atoms with Crippen molar-refractivity contribution in [2.75, 3.05) is 13.2 Å². The third-order valence-electron chi connectivity index (χ3n) is 3.66. The van der Waals surface area contributed by atoms with Gasteiger partial charge in [0.15, 0.2) is 0 Å². The summed E-state index contributed by atoms with van der Waals surface area (Å²) < 4.78 is 5.52. The number of ether oxygens (including phenoxy) is 1. The largest absolute Gasteiger partial charge is 0.494 e. The molecule has 0 aromatic heterocycles. The maximum absolute atomic E-state index is 5.52. The number of hydrogen-bond acceptors (Lipinski definition) is 3. The van der Waals surface area contributed by atoms with E-state index in [2.05, 4.69) is 35.8 Å². The minimum absolute atomic E-state index is 0.548. The summed E-state index contributed by atoms with van der Waals surface area (Å²) in [6.45, 7) is 7.11. The van der Waals surface area contributed by atoms with Crippen molar-refractivity contribution in [3.8, 4) is 5.75 Å². The van der Waals surface area contributed by atoms with Crippen LogP contribution in [0.2, 0.25) is 0 Å². The summed E-state index contributed by atoms with van der Waals surface area (Å²) in [7, 11) is 0. The van der Waals surface area contributed by atoms with Gasteiger partial charge in [-0.15, -0.1) is 0 Å². The second-order valence-electron chi connectivity index (χ2n) is 5.39. The molecule has 106 valence electrons. The van der Waals surface area contributed by atoms with Gasteiger partial charge in [-0.25, -0.2) is 0 Å². The van der Waals surface area contributed by atoms with Gasteiger partial charge < -0.3 is 15.4 Å². The van der Waals surface area contributed by atoms with Crippen LogP contribution in [0.25, 0.3) is 0 Å². The van der Waals surface area contributed by atoms with Crippen LogP contribution in [0.3, 0.4) is 0 Å². The summed E-state index contributed by atoms with van der Waals surface area (Å²) in [6.07, 6.45) is 3.87.